The predicted octanol–water partition coefficient (Wildman–Crippen LogP) is 4.50. The minimum Gasteiger partial charge on any atom is -0.477 e. The molecule has 4 rings (SSSR count). The Kier molecular flexibility index (Phi) is 6.08. The second-order valence-corrected chi connectivity index (χ2v) is 8.58. The summed E-state index contributed by atoms with van der Waals surface area (Å²) in [6.45, 7) is 1.74. The number of aromatic amines is 1. The van der Waals surface area contributed by atoms with Gasteiger partial charge in [-0.1, -0.05) is 11.6 Å². The van der Waals surface area contributed by atoms with Crippen LogP contribution < -0.4 is 9.46 Å². The number of H-pyrrole nitrogens is 1. The first-order valence-electron chi connectivity index (χ1n) is 9.58. The van der Waals surface area contributed by atoms with Gasteiger partial charge in [0, 0.05) is 18.0 Å². The summed E-state index contributed by atoms with van der Waals surface area (Å²) >= 11 is 7.28. The molecular formula is C19H18ClF3N6O2S. The van der Waals surface area contributed by atoms with Gasteiger partial charge in [-0.05, 0) is 50.3 Å². The van der Waals surface area contributed by atoms with Gasteiger partial charge in [-0.15, -0.1) is 5.10 Å². The third-order valence-electron chi connectivity index (χ3n) is 5.20. The fraction of sp³-hybridized carbons (Fsp3) is 0.368. The van der Waals surface area contributed by atoms with Crippen molar-refractivity contribution >= 4 is 29.5 Å². The Labute approximate surface area is 190 Å². The molecule has 1 saturated carbocycles. The number of ether oxygens (including phenoxy) is 1. The smallest absolute Gasteiger partial charge is 0.394 e. The van der Waals surface area contributed by atoms with E-state index in [1.54, 1.807) is 18.5 Å². The van der Waals surface area contributed by atoms with Crippen molar-refractivity contribution in [2.45, 2.75) is 37.3 Å². The van der Waals surface area contributed by atoms with Crippen LogP contribution in [0, 0.1) is 12.3 Å². The van der Waals surface area contributed by atoms with E-state index in [2.05, 4.69) is 25.0 Å². The molecule has 0 radical (unpaired) electrons. The SMILES string of the molecule is Cc1[nH]ncc1SNC(=O)c1ccc(-n2ccc(OCCC3(C(F)(F)F)CC3)n2)nc1Cl. The summed E-state index contributed by atoms with van der Waals surface area (Å²) in [7, 11) is 0. The van der Waals surface area contributed by atoms with Crippen molar-refractivity contribution in [1.29, 1.82) is 0 Å². The summed E-state index contributed by atoms with van der Waals surface area (Å²) in [5, 5.41) is 10.8. The van der Waals surface area contributed by atoms with Crippen molar-refractivity contribution in [3.63, 3.8) is 0 Å². The van der Waals surface area contributed by atoms with E-state index in [1.165, 1.54) is 16.8 Å². The molecule has 170 valence electrons. The van der Waals surface area contributed by atoms with Crippen molar-refractivity contribution in [3.8, 4) is 11.7 Å². The summed E-state index contributed by atoms with van der Waals surface area (Å²) in [5.74, 6) is 0.0751. The van der Waals surface area contributed by atoms with Crippen LogP contribution >= 0.6 is 23.5 Å². The zero-order valence-corrected chi connectivity index (χ0v) is 18.3. The molecule has 1 amide bonds. The molecule has 0 unspecified atom stereocenters. The molecule has 1 aliphatic rings. The first kappa shape index (κ1) is 22.5. The minimum absolute atomic E-state index is 0.0247. The van der Waals surface area contributed by atoms with Crippen LogP contribution in [0.1, 0.15) is 35.3 Å². The van der Waals surface area contributed by atoms with Gasteiger partial charge in [-0.2, -0.15) is 18.3 Å². The molecule has 1 fully saturated rings. The van der Waals surface area contributed by atoms with E-state index in [1.807, 2.05) is 6.92 Å². The van der Waals surface area contributed by atoms with Crippen LogP contribution in [0.15, 0.2) is 35.5 Å². The molecule has 0 bridgehead atoms. The Morgan fingerprint density at radius 2 is 2.16 bits per heavy atom. The second kappa shape index (κ2) is 8.66. The molecule has 3 aromatic heterocycles. The molecule has 3 aromatic rings. The van der Waals surface area contributed by atoms with E-state index >= 15 is 0 Å². The van der Waals surface area contributed by atoms with Crippen LogP contribution in [0.3, 0.4) is 0 Å². The first-order chi connectivity index (χ1) is 15.2. The largest absolute Gasteiger partial charge is 0.477 e. The quantitative estimate of drug-likeness (QED) is 0.359. The minimum atomic E-state index is -4.21. The Morgan fingerprint density at radius 1 is 1.38 bits per heavy atom. The number of alkyl halides is 3. The highest BCUT2D eigenvalue weighted by molar-refractivity contribution is 7.98. The van der Waals surface area contributed by atoms with E-state index < -0.39 is 17.5 Å². The number of hydrogen-bond donors (Lipinski definition) is 2. The Balaban J connectivity index is 1.35. The highest BCUT2D eigenvalue weighted by Crippen LogP contribution is 2.59. The van der Waals surface area contributed by atoms with Crippen molar-refractivity contribution < 1.29 is 22.7 Å². The lowest BCUT2D eigenvalue weighted by molar-refractivity contribution is -0.190. The summed E-state index contributed by atoms with van der Waals surface area (Å²) in [6.07, 6.45) is -0.905. The van der Waals surface area contributed by atoms with Crippen molar-refractivity contribution in [2.24, 2.45) is 5.41 Å². The maximum Gasteiger partial charge on any atom is 0.394 e. The van der Waals surface area contributed by atoms with Gasteiger partial charge in [0.25, 0.3) is 5.91 Å². The number of halogens is 4. The Hall–Kier alpha value is -2.73. The number of carbonyl (C=O) groups excluding carboxylic acids is 1. The number of nitrogens with zero attached hydrogens (tertiary/aromatic N) is 4. The highest BCUT2D eigenvalue weighted by atomic mass is 35.5. The van der Waals surface area contributed by atoms with E-state index in [9.17, 15) is 18.0 Å². The number of rotatable bonds is 8. The lowest BCUT2D eigenvalue weighted by Crippen LogP contribution is -2.26. The molecule has 0 saturated heterocycles. The summed E-state index contributed by atoms with van der Waals surface area (Å²) in [4.78, 5) is 17.3. The molecule has 0 spiro atoms. The topological polar surface area (TPSA) is 97.7 Å². The average molecular weight is 487 g/mol. The number of aryl methyl sites for hydroxylation is 1. The van der Waals surface area contributed by atoms with Gasteiger partial charge < -0.3 is 4.74 Å². The van der Waals surface area contributed by atoms with E-state index in [-0.39, 0.29) is 42.5 Å². The van der Waals surface area contributed by atoms with Gasteiger partial charge in [-0.3, -0.25) is 14.6 Å². The normalized spacial score (nSPS) is 14.9. The molecule has 0 aliphatic heterocycles. The summed E-state index contributed by atoms with van der Waals surface area (Å²) in [5.41, 5.74) is -0.623. The van der Waals surface area contributed by atoms with Gasteiger partial charge in [0.2, 0.25) is 5.88 Å². The zero-order valence-electron chi connectivity index (χ0n) is 16.7. The van der Waals surface area contributed by atoms with E-state index in [4.69, 9.17) is 16.3 Å². The molecule has 32 heavy (non-hydrogen) atoms. The fourth-order valence-electron chi connectivity index (χ4n) is 3.01. The van der Waals surface area contributed by atoms with Gasteiger partial charge in [0.1, 0.15) is 5.15 Å². The average Bonchev–Trinajstić information content (AvgIpc) is 3.21. The third-order valence-corrected chi connectivity index (χ3v) is 6.41. The number of nitrogens with one attached hydrogen (secondary N) is 2. The third kappa shape index (κ3) is 4.70. The van der Waals surface area contributed by atoms with Gasteiger partial charge in [0.05, 0.1) is 28.7 Å². The first-order valence-corrected chi connectivity index (χ1v) is 10.8. The van der Waals surface area contributed by atoms with Crippen molar-refractivity contribution in [1.82, 2.24) is 29.7 Å². The van der Waals surface area contributed by atoms with Crippen molar-refractivity contribution in [2.75, 3.05) is 6.61 Å². The molecule has 0 aromatic carbocycles. The zero-order chi connectivity index (χ0) is 22.9. The van der Waals surface area contributed by atoms with Crippen LogP contribution in [0.2, 0.25) is 5.15 Å². The van der Waals surface area contributed by atoms with Crippen LogP contribution in [-0.2, 0) is 0 Å². The summed E-state index contributed by atoms with van der Waals surface area (Å²) < 4.78 is 48.4. The number of pyridine rings is 1. The Morgan fingerprint density at radius 3 is 2.78 bits per heavy atom. The van der Waals surface area contributed by atoms with Crippen molar-refractivity contribution in [3.05, 3.63) is 47.0 Å². The van der Waals surface area contributed by atoms with Crippen LogP contribution in [0.4, 0.5) is 13.2 Å². The molecule has 0 atom stereocenters. The Bertz CT molecular complexity index is 1130. The van der Waals surface area contributed by atoms with Gasteiger partial charge in [0.15, 0.2) is 5.82 Å². The van der Waals surface area contributed by atoms with Crippen LogP contribution in [0.25, 0.3) is 5.82 Å². The number of aromatic nitrogens is 5. The van der Waals surface area contributed by atoms with E-state index in [0.29, 0.717) is 5.82 Å². The monoisotopic (exact) mass is 486 g/mol. The second-order valence-electron chi connectivity index (χ2n) is 7.38. The van der Waals surface area contributed by atoms with Crippen LogP contribution in [0.5, 0.6) is 5.88 Å². The van der Waals surface area contributed by atoms with Gasteiger partial charge >= 0.3 is 6.18 Å². The van der Waals surface area contributed by atoms with E-state index in [0.717, 1.165) is 22.5 Å². The lowest BCUT2D eigenvalue weighted by Gasteiger charge is -2.18. The molecule has 2 N–H and O–H groups in total. The summed E-state index contributed by atoms with van der Waals surface area (Å²) in [6, 6.07) is 4.58. The molecule has 13 heteroatoms. The number of carbonyl (C=O) groups is 1. The molecule has 1 aliphatic carbocycles. The fourth-order valence-corrected chi connectivity index (χ4v) is 3.86. The molecular weight excluding hydrogens is 469 g/mol. The predicted molar refractivity (Wildman–Crippen MR) is 111 cm³/mol. The lowest BCUT2D eigenvalue weighted by atomic mass is 10.0. The van der Waals surface area contributed by atoms with Crippen LogP contribution in [-0.4, -0.2) is 43.7 Å². The maximum absolute atomic E-state index is 13.0. The molecule has 8 nitrogen and oxygen atoms in total. The number of hydrogen-bond acceptors (Lipinski definition) is 6. The standard InChI is InChI=1S/C19H18ClF3N6O2S/c1-11-13(10-24-26-11)32-28-17(30)12-2-3-14(25-16(12)20)29-8-4-15(27-29)31-9-7-18(5-6-18)19(21,22)23/h2-4,8,10H,5-7,9H2,1H3,(H,24,26)(H,28,30). The highest BCUT2D eigenvalue weighted by Gasteiger charge is 2.62. The maximum atomic E-state index is 13.0. The molecule has 3 heterocycles. The number of amides is 1. The van der Waals surface area contributed by atoms with Gasteiger partial charge in [-0.25, -0.2) is 9.67 Å².